The molecule has 1 aromatic carbocycles. The largest absolute Gasteiger partial charge is 0.396 e. The molecule has 1 aliphatic heterocycles. The molecule has 0 spiro atoms. The highest BCUT2D eigenvalue weighted by Crippen LogP contribution is 2.21. The molecule has 1 aliphatic rings. The summed E-state index contributed by atoms with van der Waals surface area (Å²) in [6.45, 7) is 7.91. The zero-order chi connectivity index (χ0) is 17.5. The Kier molecular flexibility index (Phi) is 6.78. The van der Waals surface area contributed by atoms with E-state index in [4.69, 9.17) is 5.11 Å². The standard InChI is InChI=1S/C17H26F2N4O/c1-3-20-17(21-11-13(2)12-24)23-8-6-22(7-9-23)16-10-14(18)4-5-15(16)19/h4-5,10,13,24H,3,6-9,11-12H2,1-2H3,(H,20,21). The molecule has 0 amide bonds. The van der Waals surface area contributed by atoms with Gasteiger partial charge >= 0.3 is 0 Å². The fourth-order valence-corrected chi connectivity index (χ4v) is 2.61. The number of nitrogens with zero attached hydrogens (tertiary/aromatic N) is 3. The van der Waals surface area contributed by atoms with Gasteiger partial charge in [-0.25, -0.2) is 8.78 Å². The third kappa shape index (κ3) is 4.80. The summed E-state index contributed by atoms with van der Waals surface area (Å²) in [7, 11) is 0. The lowest BCUT2D eigenvalue weighted by molar-refractivity contribution is 0.241. The van der Waals surface area contributed by atoms with Gasteiger partial charge in [0, 0.05) is 51.9 Å². The minimum Gasteiger partial charge on any atom is -0.396 e. The summed E-state index contributed by atoms with van der Waals surface area (Å²) < 4.78 is 27.3. The molecule has 0 aliphatic carbocycles. The zero-order valence-electron chi connectivity index (χ0n) is 14.3. The molecule has 1 aromatic rings. The fraction of sp³-hybridized carbons (Fsp3) is 0.588. The second kappa shape index (κ2) is 8.82. The van der Waals surface area contributed by atoms with E-state index in [0.717, 1.165) is 18.6 Å². The molecular formula is C17H26F2N4O. The van der Waals surface area contributed by atoms with Crippen molar-refractivity contribution in [3.8, 4) is 0 Å². The Hall–Kier alpha value is -1.89. The average Bonchev–Trinajstić information content (AvgIpc) is 2.60. The predicted molar refractivity (Wildman–Crippen MR) is 92.4 cm³/mol. The Morgan fingerprint density at radius 1 is 1.29 bits per heavy atom. The van der Waals surface area contributed by atoms with Crippen LogP contribution < -0.4 is 10.2 Å². The van der Waals surface area contributed by atoms with Crippen molar-refractivity contribution in [1.82, 2.24) is 10.2 Å². The Bertz CT molecular complexity index is 560. The Morgan fingerprint density at radius 3 is 2.62 bits per heavy atom. The van der Waals surface area contributed by atoms with E-state index in [9.17, 15) is 8.78 Å². The van der Waals surface area contributed by atoms with Gasteiger partial charge in [0.15, 0.2) is 5.96 Å². The molecular weight excluding hydrogens is 314 g/mol. The molecule has 1 atom stereocenters. The first-order valence-electron chi connectivity index (χ1n) is 8.39. The maximum absolute atomic E-state index is 13.9. The molecule has 24 heavy (non-hydrogen) atoms. The van der Waals surface area contributed by atoms with Gasteiger partial charge in [0.25, 0.3) is 0 Å². The highest BCUT2D eigenvalue weighted by atomic mass is 19.1. The Labute approximate surface area is 142 Å². The lowest BCUT2D eigenvalue weighted by Gasteiger charge is -2.37. The van der Waals surface area contributed by atoms with Crippen molar-refractivity contribution in [2.75, 3.05) is 50.8 Å². The van der Waals surface area contributed by atoms with Gasteiger partial charge in [-0.2, -0.15) is 0 Å². The molecule has 0 bridgehead atoms. The Balaban J connectivity index is 2.00. The highest BCUT2D eigenvalue weighted by Gasteiger charge is 2.22. The number of guanidine groups is 1. The molecule has 134 valence electrons. The van der Waals surface area contributed by atoms with Crippen LogP contribution in [0.1, 0.15) is 13.8 Å². The van der Waals surface area contributed by atoms with Crippen LogP contribution in [0.25, 0.3) is 0 Å². The third-order valence-electron chi connectivity index (χ3n) is 4.03. The summed E-state index contributed by atoms with van der Waals surface area (Å²) in [5.41, 5.74) is 0.311. The van der Waals surface area contributed by atoms with Crippen molar-refractivity contribution in [2.45, 2.75) is 13.8 Å². The predicted octanol–water partition coefficient (Wildman–Crippen LogP) is 1.68. The first-order valence-corrected chi connectivity index (χ1v) is 8.39. The molecule has 0 aromatic heterocycles. The smallest absolute Gasteiger partial charge is 0.194 e. The number of anilines is 1. The van der Waals surface area contributed by atoms with Gasteiger partial charge < -0.3 is 20.2 Å². The Morgan fingerprint density at radius 2 is 2.00 bits per heavy atom. The third-order valence-corrected chi connectivity index (χ3v) is 4.03. The van der Waals surface area contributed by atoms with Gasteiger partial charge in [-0.3, -0.25) is 4.99 Å². The van der Waals surface area contributed by atoms with Crippen molar-refractivity contribution >= 4 is 11.6 Å². The second-order valence-electron chi connectivity index (χ2n) is 6.05. The van der Waals surface area contributed by atoms with Gasteiger partial charge in [0.1, 0.15) is 11.6 Å². The number of piperazine rings is 1. The van der Waals surface area contributed by atoms with E-state index >= 15 is 0 Å². The monoisotopic (exact) mass is 340 g/mol. The minimum atomic E-state index is -0.429. The number of rotatable bonds is 5. The van der Waals surface area contributed by atoms with Crippen LogP contribution in [0.5, 0.6) is 0 Å². The molecule has 1 fully saturated rings. The van der Waals surface area contributed by atoms with Crippen molar-refractivity contribution in [2.24, 2.45) is 10.9 Å². The van der Waals surface area contributed by atoms with Gasteiger partial charge in [0.05, 0.1) is 5.69 Å². The summed E-state index contributed by atoms with van der Waals surface area (Å²) in [6.07, 6.45) is 0. The first-order chi connectivity index (χ1) is 11.5. The van der Waals surface area contributed by atoms with Gasteiger partial charge in [-0.05, 0) is 25.0 Å². The van der Waals surface area contributed by atoms with Gasteiger partial charge in [-0.1, -0.05) is 6.92 Å². The van der Waals surface area contributed by atoms with Crippen molar-refractivity contribution in [3.63, 3.8) is 0 Å². The number of benzene rings is 1. The second-order valence-corrected chi connectivity index (χ2v) is 6.05. The van der Waals surface area contributed by atoms with Crippen molar-refractivity contribution < 1.29 is 13.9 Å². The number of halogens is 2. The fourth-order valence-electron chi connectivity index (χ4n) is 2.61. The SMILES string of the molecule is CCNC(=NCC(C)CO)N1CCN(c2cc(F)ccc2F)CC1. The molecule has 0 radical (unpaired) electrons. The normalized spacial score (nSPS) is 17.1. The van der Waals surface area contributed by atoms with E-state index in [1.165, 1.54) is 12.1 Å². The van der Waals surface area contributed by atoms with E-state index in [2.05, 4.69) is 15.2 Å². The van der Waals surface area contributed by atoms with Crippen LogP contribution in [0.3, 0.4) is 0 Å². The summed E-state index contributed by atoms with van der Waals surface area (Å²) in [4.78, 5) is 8.52. The average molecular weight is 340 g/mol. The molecule has 2 rings (SSSR count). The lowest BCUT2D eigenvalue weighted by atomic mass is 10.2. The number of hydrogen-bond acceptors (Lipinski definition) is 3. The number of aliphatic hydroxyl groups is 1. The topological polar surface area (TPSA) is 51.1 Å². The van der Waals surface area contributed by atoms with Crippen LogP contribution >= 0.6 is 0 Å². The zero-order valence-corrected chi connectivity index (χ0v) is 14.3. The molecule has 0 saturated carbocycles. The molecule has 1 heterocycles. The molecule has 5 nitrogen and oxygen atoms in total. The van der Waals surface area contributed by atoms with Crippen molar-refractivity contribution in [3.05, 3.63) is 29.8 Å². The number of aliphatic hydroxyl groups excluding tert-OH is 1. The number of hydrogen-bond donors (Lipinski definition) is 2. The van der Waals surface area contributed by atoms with E-state index in [1.54, 1.807) is 0 Å². The van der Waals surface area contributed by atoms with Crippen LogP contribution in [0.15, 0.2) is 23.2 Å². The highest BCUT2D eigenvalue weighted by molar-refractivity contribution is 5.80. The quantitative estimate of drug-likeness (QED) is 0.633. The maximum Gasteiger partial charge on any atom is 0.194 e. The molecule has 1 saturated heterocycles. The van der Waals surface area contributed by atoms with E-state index < -0.39 is 11.6 Å². The molecule has 7 heteroatoms. The van der Waals surface area contributed by atoms with Crippen LogP contribution in [-0.4, -0.2) is 61.8 Å². The lowest BCUT2D eigenvalue weighted by Crippen LogP contribution is -2.52. The summed E-state index contributed by atoms with van der Waals surface area (Å²) >= 11 is 0. The van der Waals surface area contributed by atoms with Gasteiger partial charge in [-0.15, -0.1) is 0 Å². The van der Waals surface area contributed by atoms with E-state index in [0.29, 0.717) is 38.4 Å². The van der Waals surface area contributed by atoms with Crippen LogP contribution in [0.2, 0.25) is 0 Å². The summed E-state index contributed by atoms with van der Waals surface area (Å²) in [5, 5.41) is 12.4. The van der Waals surface area contributed by atoms with E-state index in [1.807, 2.05) is 18.7 Å². The maximum atomic E-state index is 13.9. The first kappa shape index (κ1) is 18.4. The van der Waals surface area contributed by atoms with Crippen LogP contribution in [0.4, 0.5) is 14.5 Å². The number of aliphatic imine (C=N–C) groups is 1. The van der Waals surface area contributed by atoms with Crippen molar-refractivity contribution in [1.29, 1.82) is 0 Å². The van der Waals surface area contributed by atoms with Crippen LogP contribution in [0, 0.1) is 17.6 Å². The minimum absolute atomic E-state index is 0.107. The summed E-state index contributed by atoms with van der Waals surface area (Å²) in [6, 6.07) is 3.54. The van der Waals surface area contributed by atoms with Gasteiger partial charge in [0.2, 0.25) is 0 Å². The number of nitrogens with one attached hydrogen (secondary N) is 1. The molecule has 2 N–H and O–H groups in total. The van der Waals surface area contributed by atoms with E-state index in [-0.39, 0.29) is 12.5 Å². The summed E-state index contributed by atoms with van der Waals surface area (Å²) in [5.74, 6) is 0.0856. The molecule has 1 unspecified atom stereocenters. The van der Waals surface area contributed by atoms with Crippen LogP contribution in [-0.2, 0) is 0 Å².